The van der Waals surface area contributed by atoms with Crippen LogP contribution in [0.5, 0.6) is 0 Å². The van der Waals surface area contributed by atoms with Crippen molar-refractivity contribution in [1.82, 2.24) is 25.2 Å². The molecule has 1 saturated heterocycles. The summed E-state index contributed by atoms with van der Waals surface area (Å²) in [6.45, 7) is 6.01. The smallest absolute Gasteiger partial charge is 0.237 e. The van der Waals surface area contributed by atoms with Crippen LogP contribution in [0.4, 0.5) is 0 Å². The number of benzene rings is 1. The Morgan fingerprint density at radius 3 is 2.88 bits per heavy atom. The predicted octanol–water partition coefficient (Wildman–Crippen LogP) is 1.71. The Labute approximate surface area is 145 Å². The average molecular weight is 339 g/mol. The Bertz CT molecular complexity index is 880. The molecule has 4 rings (SSSR count). The van der Waals surface area contributed by atoms with Crippen molar-refractivity contribution in [3.8, 4) is 0 Å². The molecule has 3 aromatic rings. The Morgan fingerprint density at radius 1 is 1.28 bits per heavy atom. The highest BCUT2D eigenvalue weighted by Crippen LogP contribution is 2.20. The van der Waals surface area contributed by atoms with Gasteiger partial charge < -0.3 is 14.7 Å². The van der Waals surface area contributed by atoms with Gasteiger partial charge in [0.2, 0.25) is 5.91 Å². The lowest BCUT2D eigenvalue weighted by atomic mass is 10.1. The van der Waals surface area contributed by atoms with Crippen LogP contribution in [0.1, 0.15) is 23.1 Å². The van der Waals surface area contributed by atoms with Crippen molar-refractivity contribution in [2.45, 2.75) is 32.9 Å². The molecule has 1 aliphatic rings. The van der Waals surface area contributed by atoms with Gasteiger partial charge in [0.15, 0.2) is 11.5 Å². The summed E-state index contributed by atoms with van der Waals surface area (Å²) in [6.07, 6.45) is 0.447. The summed E-state index contributed by atoms with van der Waals surface area (Å²) in [6, 6.07) is 7.34. The van der Waals surface area contributed by atoms with Gasteiger partial charge in [0.25, 0.3) is 0 Å². The van der Waals surface area contributed by atoms with Crippen LogP contribution < -0.4 is 5.32 Å². The number of imidazole rings is 1. The van der Waals surface area contributed by atoms with E-state index < -0.39 is 0 Å². The summed E-state index contributed by atoms with van der Waals surface area (Å²) in [5.74, 6) is 1.49. The number of H-pyrrole nitrogens is 1. The molecule has 1 amide bonds. The van der Waals surface area contributed by atoms with Crippen molar-refractivity contribution in [2.75, 3.05) is 13.1 Å². The van der Waals surface area contributed by atoms with Gasteiger partial charge in [-0.15, -0.1) is 0 Å². The minimum atomic E-state index is -0.307. The summed E-state index contributed by atoms with van der Waals surface area (Å²) < 4.78 is 5.81. The Kier molecular flexibility index (Phi) is 4.01. The summed E-state index contributed by atoms with van der Waals surface area (Å²) in [7, 11) is 0. The third kappa shape index (κ3) is 3.15. The quantitative estimate of drug-likeness (QED) is 0.756. The summed E-state index contributed by atoms with van der Waals surface area (Å²) >= 11 is 0. The second kappa shape index (κ2) is 6.33. The molecule has 25 heavy (non-hydrogen) atoms. The van der Waals surface area contributed by atoms with Crippen molar-refractivity contribution in [2.24, 2.45) is 0 Å². The summed E-state index contributed by atoms with van der Waals surface area (Å²) in [5, 5.41) is 2.94. The molecule has 2 N–H and O–H groups in total. The second-order valence-electron chi connectivity index (χ2n) is 6.45. The summed E-state index contributed by atoms with van der Waals surface area (Å²) in [4.78, 5) is 26.9. The third-order valence-electron chi connectivity index (χ3n) is 4.60. The fraction of sp³-hybridized carbons (Fsp3) is 0.389. The Balaban J connectivity index is 1.57. The van der Waals surface area contributed by atoms with E-state index in [4.69, 9.17) is 4.42 Å². The lowest BCUT2D eigenvalue weighted by Gasteiger charge is -2.34. The van der Waals surface area contributed by atoms with Gasteiger partial charge in [0, 0.05) is 31.7 Å². The zero-order valence-electron chi connectivity index (χ0n) is 14.4. The standard InChI is InChI=1S/C18H21N5O2/c1-11-14(21-12(2)20-11)10-23-8-7-19-18(24)15(23)9-17-22-13-5-3-4-6-16(13)25-17/h3-6,15H,7-10H2,1-2H3,(H,19,24)(H,20,21). The van der Waals surface area contributed by atoms with E-state index in [1.807, 2.05) is 38.1 Å². The van der Waals surface area contributed by atoms with E-state index in [2.05, 4.69) is 25.2 Å². The average Bonchev–Trinajstić information content (AvgIpc) is 3.13. The SMILES string of the molecule is Cc1nc(CN2CCNC(=O)C2Cc2nc3ccccc3o2)c(C)[nH]1. The molecule has 7 nitrogen and oxygen atoms in total. The van der Waals surface area contributed by atoms with Gasteiger partial charge in [-0.2, -0.15) is 0 Å². The van der Waals surface area contributed by atoms with E-state index in [0.29, 0.717) is 25.4 Å². The molecule has 130 valence electrons. The van der Waals surface area contributed by atoms with Crippen molar-refractivity contribution < 1.29 is 9.21 Å². The van der Waals surface area contributed by atoms with E-state index in [1.54, 1.807) is 0 Å². The van der Waals surface area contributed by atoms with Crippen LogP contribution in [0.15, 0.2) is 28.7 Å². The molecule has 1 atom stereocenters. The van der Waals surface area contributed by atoms with Gasteiger partial charge in [-0.25, -0.2) is 9.97 Å². The Morgan fingerprint density at radius 2 is 2.12 bits per heavy atom. The number of aromatic amines is 1. The van der Waals surface area contributed by atoms with Gasteiger partial charge >= 0.3 is 0 Å². The molecule has 1 aromatic carbocycles. The number of para-hydroxylation sites is 2. The maximum atomic E-state index is 12.5. The first-order chi connectivity index (χ1) is 12.1. The maximum Gasteiger partial charge on any atom is 0.237 e. The first-order valence-corrected chi connectivity index (χ1v) is 8.48. The van der Waals surface area contributed by atoms with E-state index in [0.717, 1.165) is 34.9 Å². The highest BCUT2D eigenvalue weighted by molar-refractivity contribution is 5.82. The van der Waals surface area contributed by atoms with Crippen LogP contribution in [-0.2, 0) is 17.8 Å². The van der Waals surface area contributed by atoms with Crippen molar-refractivity contribution in [1.29, 1.82) is 0 Å². The van der Waals surface area contributed by atoms with Crippen molar-refractivity contribution in [3.05, 3.63) is 47.4 Å². The maximum absolute atomic E-state index is 12.5. The van der Waals surface area contributed by atoms with Crippen LogP contribution in [0, 0.1) is 13.8 Å². The van der Waals surface area contributed by atoms with Crippen molar-refractivity contribution >= 4 is 17.0 Å². The van der Waals surface area contributed by atoms with Gasteiger partial charge in [-0.1, -0.05) is 12.1 Å². The molecule has 1 unspecified atom stereocenters. The van der Waals surface area contributed by atoms with Gasteiger partial charge in [0.1, 0.15) is 11.3 Å². The number of hydrogen-bond acceptors (Lipinski definition) is 5. The minimum Gasteiger partial charge on any atom is -0.441 e. The normalized spacial score (nSPS) is 18.6. The number of aromatic nitrogens is 3. The highest BCUT2D eigenvalue weighted by Gasteiger charge is 2.32. The number of nitrogens with zero attached hydrogens (tertiary/aromatic N) is 3. The molecule has 0 spiro atoms. The number of nitrogens with one attached hydrogen (secondary N) is 2. The molecule has 0 aliphatic carbocycles. The van der Waals surface area contributed by atoms with Gasteiger partial charge in [0.05, 0.1) is 11.7 Å². The number of aryl methyl sites for hydroxylation is 2. The molecule has 2 aromatic heterocycles. The number of carbonyl (C=O) groups is 1. The molecule has 7 heteroatoms. The zero-order chi connectivity index (χ0) is 17.4. The fourth-order valence-corrected chi connectivity index (χ4v) is 3.35. The van der Waals surface area contributed by atoms with Crippen molar-refractivity contribution in [3.63, 3.8) is 0 Å². The number of piperazine rings is 1. The number of rotatable bonds is 4. The van der Waals surface area contributed by atoms with Crippen LogP contribution in [0.3, 0.4) is 0 Å². The highest BCUT2D eigenvalue weighted by atomic mass is 16.3. The lowest BCUT2D eigenvalue weighted by Crippen LogP contribution is -2.55. The molecule has 1 aliphatic heterocycles. The van der Waals surface area contributed by atoms with Crippen LogP contribution in [0.2, 0.25) is 0 Å². The first-order valence-electron chi connectivity index (χ1n) is 8.48. The number of carbonyl (C=O) groups excluding carboxylic acids is 1. The Hall–Kier alpha value is -2.67. The number of amides is 1. The summed E-state index contributed by atoms with van der Waals surface area (Å²) in [5.41, 5.74) is 3.59. The predicted molar refractivity (Wildman–Crippen MR) is 93.0 cm³/mol. The van der Waals surface area contributed by atoms with E-state index in [-0.39, 0.29) is 11.9 Å². The number of oxazole rings is 1. The molecule has 3 heterocycles. The molecular weight excluding hydrogens is 318 g/mol. The monoisotopic (exact) mass is 339 g/mol. The third-order valence-corrected chi connectivity index (χ3v) is 4.60. The fourth-order valence-electron chi connectivity index (χ4n) is 3.35. The zero-order valence-corrected chi connectivity index (χ0v) is 14.4. The first kappa shape index (κ1) is 15.8. The molecule has 0 radical (unpaired) electrons. The van der Waals surface area contributed by atoms with Gasteiger partial charge in [-0.3, -0.25) is 9.69 Å². The largest absolute Gasteiger partial charge is 0.441 e. The molecular formula is C18H21N5O2. The van der Waals surface area contributed by atoms with E-state index in [1.165, 1.54) is 0 Å². The molecule has 1 fully saturated rings. The second-order valence-corrected chi connectivity index (χ2v) is 6.45. The topological polar surface area (TPSA) is 87.1 Å². The van der Waals surface area contributed by atoms with Gasteiger partial charge in [-0.05, 0) is 26.0 Å². The lowest BCUT2D eigenvalue weighted by molar-refractivity contribution is -0.129. The number of fused-ring (bicyclic) bond motifs is 1. The van der Waals surface area contributed by atoms with Crippen LogP contribution in [-0.4, -0.2) is 44.9 Å². The molecule has 0 bridgehead atoms. The number of hydrogen-bond donors (Lipinski definition) is 2. The van der Waals surface area contributed by atoms with E-state index in [9.17, 15) is 4.79 Å². The minimum absolute atomic E-state index is 0.0124. The van der Waals surface area contributed by atoms with Crippen LogP contribution >= 0.6 is 0 Å². The molecule has 0 saturated carbocycles. The van der Waals surface area contributed by atoms with E-state index >= 15 is 0 Å². The van der Waals surface area contributed by atoms with Crippen LogP contribution in [0.25, 0.3) is 11.1 Å².